The van der Waals surface area contributed by atoms with Crippen molar-refractivity contribution in [2.24, 2.45) is 0 Å². The minimum absolute atomic E-state index is 0.463. The van der Waals surface area contributed by atoms with Crippen LogP contribution in [0.4, 0.5) is 8.78 Å². The van der Waals surface area contributed by atoms with Gasteiger partial charge in [0.15, 0.2) is 26.7 Å². The van der Waals surface area contributed by atoms with E-state index in [4.69, 9.17) is 4.74 Å². The Kier molecular flexibility index (Phi) is 4.53. The number of benzene rings is 1. The van der Waals surface area contributed by atoms with Crippen molar-refractivity contribution in [3.8, 4) is 0 Å². The highest BCUT2D eigenvalue weighted by atomic mass is 32.2. The molecule has 1 rings (SSSR count). The third kappa shape index (κ3) is 3.75. The standard InChI is InChI=1S/C13H16F2O4S/c1-8(12(16)19-13(2,3)4)20(17,18)9-5-6-10(14)11(15)7-9/h5-8H,1-4H3. The lowest BCUT2D eigenvalue weighted by molar-refractivity contribution is -0.153. The first-order valence-corrected chi connectivity index (χ1v) is 7.41. The van der Waals surface area contributed by atoms with E-state index in [1.165, 1.54) is 0 Å². The predicted molar refractivity (Wildman–Crippen MR) is 68.9 cm³/mol. The van der Waals surface area contributed by atoms with Crippen molar-refractivity contribution in [1.29, 1.82) is 0 Å². The Balaban J connectivity index is 3.09. The maximum atomic E-state index is 13.1. The molecule has 0 saturated carbocycles. The van der Waals surface area contributed by atoms with E-state index < -0.39 is 43.2 Å². The van der Waals surface area contributed by atoms with Crippen LogP contribution in [-0.2, 0) is 19.4 Å². The van der Waals surface area contributed by atoms with Crippen LogP contribution in [0.25, 0.3) is 0 Å². The molecule has 1 aromatic carbocycles. The molecule has 0 heterocycles. The first-order chi connectivity index (χ1) is 8.95. The Morgan fingerprint density at radius 2 is 1.75 bits per heavy atom. The summed E-state index contributed by atoms with van der Waals surface area (Å²) in [6.07, 6.45) is 0. The largest absolute Gasteiger partial charge is 0.459 e. The van der Waals surface area contributed by atoms with Crippen molar-refractivity contribution in [2.45, 2.75) is 43.4 Å². The molecule has 0 aromatic heterocycles. The molecule has 0 fully saturated rings. The van der Waals surface area contributed by atoms with E-state index in [2.05, 4.69) is 0 Å². The Bertz CT molecular complexity index is 618. The normalized spacial score (nSPS) is 13.9. The van der Waals surface area contributed by atoms with Gasteiger partial charge in [-0.2, -0.15) is 0 Å². The molecule has 1 atom stereocenters. The van der Waals surface area contributed by atoms with Crippen molar-refractivity contribution < 1.29 is 26.7 Å². The molecule has 1 aromatic rings. The quantitative estimate of drug-likeness (QED) is 0.636. The summed E-state index contributed by atoms with van der Waals surface area (Å²) >= 11 is 0. The van der Waals surface area contributed by atoms with Gasteiger partial charge in [0.05, 0.1) is 4.90 Å². The van der Waals surface area contributed by atoms with E-state index in [9.17, 15) is 22.0 Å². The highest BCUT2D eigenvalue weighted by Crippen LogP contribution is 2.21. The minimum atomic E-state index is -4.13. The fourth-order valence-corrected chi connectivity index (χ4v) is 2.60. The van der Waals surface area contributed by atoms with Crippen LogP contribution < -0.4 is 0 Å². The van der Waals surface area contributed by atoms with Gasteiger partial charge in [0.1, 0.15) is 5.60 Å². The van der Waals surface area contributed by atoms with Crippen molar-refractivity contribution >= 4 is 15.8 Å². The zero-order chi connectivity index (χ0) is 15.7. The molecule has 0 aliphatic carbocycles. The van der Waals surface area contributed by atoms with Gasteiger partial charge in [-0.15, -0.1) is 0 Å². The van der Waals surface area contributed by atoms with Gasteiger partial charge >= 0.3 is 5.97 Å². The SMILES string of the molecule is CC(C(=O)OC(C)(C)C)S(=O)(=O)c1ccc(F)c(F)c1. The van der Waals surface area contributed by atoms with Crippen LogP contribution >= 0.6 is 0 Å². The number of carbonyl (C=O) groups excluding carboxylic acids is 1. The van der Waals surface area contributed by atoms with Crippen LogP contribution in [0.15, 0.2) is 23.1 Å². The molecule has 0 saturated heterocycles. The summed E-state index contributed by atoms with van der Waals surface area (Å²) in [6, 6.07) is 2.16. The van der Waals surface area contributed by atoms with Crippen molar-refractivity contribution in [3.05, 3.63) is 29.8 Å². The fourth-order valence-electron chi connectivity index (χ4n) is 1.37. The predicted octanol–water partition coefficient (Wildman–Crippen LogP) is 2.47. The third-order valence-corrected chi connectivity index (χ3v) is 4.46. The number of carbonyl (C=O) groups is 1. The average molecular weight is 306 g/mol. The number of sulfone groups is 1. The van der Waals surface area contributed by atoms with Crippen LogP contribution in [0.3, 0.4) is 0 Å². The number of rotatable bonds is 3. The van der Waals surface area contributed by atoms with Crippen LogP contribution in [0.1, 0.15) is 27.7 Å². The molecule has 20 heavy (non-hydrogen) atoms. The van der Waals surface area contributed by atoms with E-state index in [1.807, 2.05) is 0 Å². The van der Waals surface area contributed by atoms with Gasteiger partial charge in [0, 0.05) is 0 Å². The Hall–Kier alpha value is -1.50. The summed E-state index contributed by atoms with van der Waals surface area (Å²) in [5, 5.41) is -1.51. The molecule has 112 valence electrons. The van der Waals surface area contributed by atoms with Gasteiger partial charge in [0.2, 0.25) is 0 Å². The monoisotopic (exact) mass is 306 g/mol. The van der Waals surface area contributed by atoms with Crippen LogP contribution in [0.5, 0.6) is 0 Å². The van der Waals surface area contributed by atoms with Gasteiger partial charge in [-0.3, -0.25) is 4.79 Å². The molecular formula is C13H16F2O4S. The molecule has 0 bridgehead atoms. The molecule has 0 N–H and O–H groups in total. The van der Waals surface area contributed by atoms with Gasteiger partial charge in [-0.1, -0.05) is 0 Å². The summed E-state index contributed by atoms with van der Waals surface area (Å²) in [5.41, 5.74) is -0.838. The Morgan fingerprint density at radius 3 is 2.20 bits per heavy atom. The smallest absolute Gasteiger partial charge is 0.324 e. The molecule has 0 aliphatic heterocycles. The lowest BCUT2D eigenvalue weighted by atomic mass is 10.2. The van der Waals surface area contributed by atoms with Crippen LogP contribution in [-0.4, -0.2) is 25.2 Å². The molecule has 4 nitrogen and oxygen atoms in total. The molecular weight excluding hydrogens is 290 g/mol. The first-order valence-electron chi connectivity index (χ1n) is 5.87. The summed E-state index contributed by atoms with van der Waals surface area (Å²) in [7, 11) is -4.13. The van der Waals surface area contributed by atoms with E-state index in [-0.39, 0.29) is 0 Å². The highest BCUT2D eigenvalue weighted by Gasteiger charge is 2.33. The summed E-state index contributed by atoms with van der Waals surface area (Å²) in [5.74, 6) is -3.39. The molecule has 0 amide bonds. The zero-order valence-electron chi connectivity index (χ0n) is 11.6. The molecule has 7 heteroatoms. The topological polar surface area (TPSA) is 60.4 Å². The minimum Gasteiger partial charge on any atom is -0.459 e. The van der Waals surface area contributed by atoms with Gasteiger partial charge in [-0.25, -0.2) is 17.2 Å². The van der Waals surface area contributed by atoms with E-state index >= 15 is 0 Å². The van der Waals surface area contributed by atoms with E-state index in [0.717, 1.165) is 13.0 Å². The molecule has 0 radical (unpaired) electrons. The number of ether oxygens (including phenoxy) is 1. The second kappa shape index (κ2) is 5.47. The maximum Gasteiger partial charge on any atom is 0.324 e. The van der Waals surface area contributed by atoms with Gasteiger partial charge in [-0.05, 0) is 45.9 Å². The fraction of sp³-hybridized carbons (Fsp3) is 0.462. The van der Waals surface area contributed by atoms with Crippen molar-refractivity contribution in [2.75, 3.05) is 0 Å². The lowest BCUT2D eigenvalue weighted by Crippen LogP contribution is -2.35. The van der Waals surface area contributed by atoms with Crippen LogP contribution in [0.2, 0.25) is 0 Å². The Labute approximate surface area is 116 Å². The molecule has 0 aliphatic rings. The van der Waals surface area contributed by atoms with Gasteiger partial charge in [0.25, 0.3) is 0 Å². The number of esters is 1. The van der Waals surface area contributed by atoms with Gasteiger partial charge < -0.3 is 4.74 Å². The number of hydrogen-bond donors (Lipinski definition) is 0. The molecule has 1 unspecified atom stereocenters. The number of hydrogen-bond acceptors (Lipinski definition) is 4. The highest BCUT2D eigenvalue weighted by molar-refractivity contribution is 7.92. The maximum absolute atomic E-state index is 13.1. The lowest BCUT2D eigenvalue weighted by Gasteiger charge is -2.22. The number of halogens is 2. The van der Waals surface area contributed by atoms with E-state index in [1.54, 1.807) is 20.8 Å². The van der Waals surface area contributed by atoms with Crippen LogP contribution in [0, 0.1) is 11.6 Å². The second-order valence-corrected chi connectivity index (χ2v) is 7.57. The summed E-state index contributed by atoms with van der Waals surface area (Å²) < 4.78 is 55.1. The van der Waals surface area contributed by atoms with Crippen molar-refractivity contribution in [3.63, 3.8) is 0 Å². The third-order valence-electron chi connectivity index (χ3n) is 2.42. The summed E-state index contributed by atoms with van der Waals surface area (Å²) in [4.78, 5) is 11.3. The molecule has 0 spiro atoms. The first kappa shape index (κ1) is 16.6. The zero-order valence-corrected chi connectivity index (χ0v) is 12.4. The van der Waals surface area contributed by atoms with E-state index in [0.29, 0.717) is 12.1 Å². The summed E-state index contributed by atoms with van der Waals surface area (Å²) in [6.45, 7) is 5.94. The Morgan fingerprint density at radius 1 is 1.20 bits per heavy atom. The van der Waals surface area contributed by atoms with Crippen molar-refractivity contribution in [1.82, 2.24) is 0 Å². The average Bonchev–Trinajstić information content (AvgIpc) is 2.29. The second-order valence-electron chi connectivity index (χ2n) is 5.30.